The molecule has 10 nitrogen and oxygen atoms in total. The van der Waals surface area contributed by atoms with Crippen molar-refractivity contribution in [1.29, 1.82) is 0 Å². The second-order valence-electron chi connectivity index (χ2n) is 11.1. The van der Waals surface area contributed by atoms with Crippen molar-refractivity contribution in [1.82, 2.24) is 19.7 Å². The molecule has 0 bridgehead atoms. The maximum absolute atomic E-state index is 13.7. The molecule has 2 aromatic carbocycles. The fourth-order valence-corrected chi connectivity index (χ4v) is 5.62. The topological polar surface area (TPSA) is 137 Å². The Balaban J connectivity index is 0.000000572. The molecule has 4 heterocycles. The first-order chi connectivity index (χ1) is 22.9. The predicted molar refractivity (Wildman–Crippen MR) is 178 cm³/mol. The lowest BCUT2D eigenvalue weighted by molar-refractivity contribution is -0.141. The van der Waals surface area contributed by atoms with E-state index in [-0.39, 0.29) is 29.2 Å². The molecule has 0 aliphatic carbocycles. The number of halogens is 4. The molecule has 252 valence electrons. The van der Waals surface area contributed by atoms with E-state index in [0.717, 1.165) is 41.3 Å². The van der Waals surface area contributed by atoms with Gasteiger partial charge >= 0.3 is 6.18 Å². The van der Waals surface area contributed by atoms with Gasteiger partial charge in [0.25, 0.3) is 5.56 Å². The molecule has 3 aromatic heterocycles. The highest BCUT2D eigenvalue weighted by atomic mass is 35.5. The third-order valence-electron chi connectivity index (χ3n) is 7.86. The highest BCUT2D eigenvalue weighted by molar-refractivity contribution is 6.36. The van der Waals surface area contributed by atoms with E-state index in [1.807, 2.05) is 30.3 Å². The molecule has 5 aromatic rings. The average Bonchev–Trinajstić information content (AvgIpc) is 3.07. The van der Waals surface area contributed by atoms with Crippen molar-refractivity contribution in [2.45, 2.75) is 38.6 Å². The summed E-state index contributed by atoms with van der Waals surface area (Å²) in [6, 6.07) is 15.2. The fourth-order valence-electron chi connectivity index (χ4n) is 5.29. The van der Waals surface area contributed by atoms with Crippen LogP contribution < -0.4 is 21.3 Å². The lowest BCUT2D eigenvalue weighted by Crippen LogP contribution is -2.21. The first-order valence-corrected chi connectivity index (χ1v) is 15.4. The van der Waals surface area contributed by atoms with Crippen LogP contribution in [0.25, 0.3) is 33.2 Å². The second-order valence-corrected chi connectivity index (χ2v) is 11.5. The monoisotopic (exact) mass is 682 g/mol. The first-order valence-electron chi connectivity index (χ1n) is 15.0. The maximum atomic E-state index is 13.7. The van der Waals surface area contributed by atoms with Gasteiger partial charge in [-0.2, -0.15) is 18.3 Å². The number of aryl methyl sites for hydroxylation is 1. The summed E-state index contributed by atoms with van der Waals surface area (Å²) in [6.07, 6.45) is -1.78. The van der Waals surface area contributed by atoms with E-state index in [1.54, 1.807) is 25.1 Å². The zero-order valence-corrected chi connectivity index (χ0v) is 27.2. The van der Waals surface area contributed by atoms with Crippen molar-refractivity contribution in [2.75, 3.05) is 25.6 Å². The smallest absolute Gasteiger partial charge is 0.433 e. The summed E-state index contributed by atoms with van der Waals surface area (Å²) in [4.78, 5) is 21.2. The van der Waals surface area contributed by atoms with E-state index in [0.29, 0.717) is 45.6 Å². The number of nitrogens with two attached hydrogens (primary N) is 1. The van der Waals surface area contributed by atoms with Crippen LogP contribution in [0.3, 0.4) is 0 Å². The zero-order valence-electron chi connectivity index (χ0n) is 26.4. The Morgan fingerprint density at radius 3 is 2.50 bits per heavy atom. The van der Waals surface area contributed by atoms with Gasteiger partial charge in [0, 0.05) is 48.0 Å². The Kier molecular flexibility index (Phi) is 10.6. The van der Waals surface area contributed by atoms with Gasteiger partial charge in [-0.25, -0.2) is 14.6 Å². The molecule has 0 amide bonds. The summed E-state index contributed by atoms with van der Waals surface area (Å²) < 4.78 is 52.3. The molecular weight excluding hydrogens is 649 g/mol. The molecule has 0 spiro atoms. The Labute approximate surface area is 279 Å². The van der Waals surface area contributed by atoms with Crippen molar-refractivity contribution in [3.63, 3.8) is 0 Å². The highest BCUT2D eigenvalue weighted by Crippen LogP contribution is 2.40. The van der Waals surface area contributed by atoms with Crippen LogP contribution in [0.1, 0.15) is 29.7 Å². The standard InChI is InChI=1S/C29H24ClF3N6O2.C5H10O2/c1-15-18(19-7-4-8-20(25(19)30)22-11-10-16(13-34)27(37-22)41-3)6-5-9-21(15)36-26-24-17(14-35-39(2)28(24)40)12-23(38-26)29(31,32)33;6-5-2-1-3-7-4-5/h4-12,14H,13,34H2,1-3H3,(H,36,38);5-6H,1-4H2. The van der Waals surface area contributed by atoms with Gasteiger partial charge in [0.05, 0.1) is 42.1 Å². The lowest BCUT2D eigenvalue weighted by Gasteiger charge is -2.17. The SMILES string of the molecule is COc1nc(-c2cccc(-c3cccc(Nc4nc(C(F)(F)F)cc5cnn(C)c(=O)c45)c3C)c2Cl)ccc1CN.OC1CCCOC1. The fraction of sp³-hybridized carbons (Fsp3) is 0.294. The number of nitrogens with one attached hydrogen (secondary N) is 1. The molecule has 1 unspecified atom stereocenters. The minimum Gasteiger partial charge on any atom is -0.481 e. The third kappa shape index (κ3) is 7.44. The average molecular weight is 683 g/mol. The summed E-state index contributed by atoms with van der Waals surface area (Å²) >= 11 is 6.90. The summed E-state index contributed by atoms with van der Waals surface area (Å²) in [5, 5.41) is 16.0. The molecule has 0 radical (unpaired) electrons. The van der Waals surface area contributed by atoms with Gasteiger partial charge in [0.15, 0.2) is 0 Å². The van der Waals surface area contributed by atoms with Crippen molar-refractivity contribution in [3.05, 3.63) is 93.0 Å². The van der Waals surface area contributed by atoms with Gasteiger partial charge in [0.2, 0.25) is 5.88 Å². The van der Waals surface area contributed by atoms with Crippen LogP contribution in [0.5, 0.6) is 5.88 Å². The summed E-state index contributed by atoms with van der Waals surface area (Å²) in [6.45, 7) is 3.44. The van der Waals surface area contributed by atoms with Crippen molar-refractivity contribution < 1.29 is 27.8 Å². The van der Waals surface area contributed by atoms with Crippen LogP contribution in [-0.2, 0) is 24.5 Å². The van der Waals surface area contributed by atoms with Crippen LogP contribution in [0, 0.1) is 6.92 Å². The van der Waals surface area contributed by atoms with E-state index in [4.69, 9.17) is 31.9 Å². The molecule has 4 N–H and O–H groups in total. The Morgan fingerprint density at radius 2 is 1.85 bits per heavy atom. The Morgan fingerprint density at radius 1 is 1.12 bits per heavy atom. The van der Waals surface area contributed by atoms with Crippen LogP contribution in [-0.4, -0.2) is 51.3 Å². The van der Waals surface area contributed by atoms with E-state index in [9.17, 15) is 18.0 Å². The lowest BCUT2D eigenvalue weighted by atomic mass is 9.96. The molecule has 0 saturated carbocycles. The summed E-state index contributed by atoms with van der Waals surface area (Å²) in [5.41, 5.74) is 8.56. The van der Waals surface area contributed by atoms with Gasteiger partial charge in [-0.1, -0.05) is 48.0 Å². The van der Waals surface area contributed by atoms with E-state index < -0.39 is 17.4 Å². The number of ether oxygens (including phenoxy) is 2. The Hall–Kier alpha value is -4.56. The second kappa shape index (κ2) is 14.7. The third-order valence-corrected chi connectivity index (χ3v) is 8.27. The highest BCUT2D eigenvalue weighted by Gasteiger charge is 2.34. The van der Waals surface area contributed by atoms with Gasteiger partial charge in [-0.15, -0.1) is 0 Å². The van der Waals surface area contributed by atoms with E-state index in [1.165, 1.54) is 20.4 Å². The number of alkyl halides is 3. The largest absolute Gasteiger partial charge is 0.481 e. The molecule has 6 rings (SSSR count). The number of nitrogens with zero attached hydrogens (tertiary/aromatic N) is 4. The predicted octanol–water partition coefficient (Wildman–Crippen LogP) is 6.41. The van der Waals surface area contributed by atoms with Crippen molar-refractivity contribution in [2.24, 2.45) is 12.8 Å². The minimum atomic E-state index is -4.73. The number of hydrogen-bond donors (Lipinski definition) is 3. The molecule has 1 aliphatic rings. The Bertz CT molecular complexity index is 2000. The van der Waals surface area contributed by atoms with Crippen LogP contribution in [0.4, 0.5) is 24.7 Å². The van der Waals surface area contributed by atoms with Crippen LogP contribution >= 0.6 is 11.6 Å². The number of fused-ring (bicyclic) bond motifs is 1. The maximum Gasteiger partial charge on any atom is 0.433 e. The molecule has 14 heteroatoms. The zero-order chi connectivity index (χ0) is 34.6. The van der Waals surface area contributed by atoms with E-state index >= 15 is 0 Å². The van der Waals surface area contributed by atoms with Crippen LogP contribution in [0.2, 0.25) is 5.02 Å². The van der Waals surface area contributed by atoms with Gasteiger partial charge in [-0.05, 0) is 49.1 Å². The molecule has 48 heavy (non-hydrogen) atoms. The number of pyridine rings is 2. The van der Waals surface area contributed by atoms with Gasteiger partial charge in [-0.3, -0.25) is 4.79 Å². The van der Waals surface area contributed by atoms with Crippen LogP contribution in [0.15, 0.2) is 65.6 Å². The van der Waals surface area contributed by atoms with Gasteiger partial charge < -0.3 is 25.6 Å². The quantitative estimate of drug-likeness (QED) is 0.186. The minimum absolute atomic E-state index is 0.0127. The molecule has 1 fully saturated rings. The molecule has 1 atom stereocenters. The molecule has 1 saturated heterocycles. The molecular formula is C34H34ClF3N6O4. The summed E-state index contributed by atoms with van der Waals surface area (Å²) in [7, 11) is 2.93. The van der Waals surface area contributed by atoms with Crippen molar-refractivity contribution >= 4 is 33.9 Å². The number of anilines is 2. The van der Waals surface area contributed by atoms with Crippen molar-refractivity contribution in [3.8, 4) is 28.3 Å². The molecule has 1 aliphatic heterocycles. The normalized spacial score (nSPS) is 14.7. The number of hydrogen-bond acceptors (Lipinski definition) is 9. The first kappa shape index (κ1) is 34.8. The van der Waals surface area contributed by atoms with Gasteiger partial charge in [0.1, 0.15) is 11.5 Å². The number of rotatable bonds is 6. The van der Waals surface area contributed by atoms with E-state index in [2.05, 4.69) is 20.4 Å². The summed E-state index contributed by atoms with van der Waals surface area (Å²) in [5.74, 6) is 0.171. The number of aromatic nitrogens is 4. The number of benzene rings is 2. The number of methoxy groups -OCH3 is 1. The number of aliphatic hydroxyl groups is 1. The number of aliphatic hydroxyl groups excluding tert-OH is 1.